The van der Waals surface area contributed by atoms with Crippen LogP contribution in [0.1, 0.15) is 41.4 Å². The summed E-state index contributed by atoms with van der Waals surface area (Å²) in [7, 11) is 0. The number of carbonyl (C=O) groups is 4. The Morgan fingerprint density at radius 2 is 0.886 bits per heavy atom. The fraction of sp³-hybridized carbons (Fsp3) is 0.176. The summed E-state index contributed by atoms with van der Waals surface area (Å²) in [6.07, 6.45) is -7.91. The highest BCUT2D eigenvalue weighted by Crippen LogP contribution is 2.30. The Morgan fingerprint density at radius 1 is 0.523 bits per heavy atom. The summed E-state index contributed by atoms with van der Waals surface area (Å²) in [6.45, 7) is -0.507. The molecule has 0 saturated carbocycles. The van der Waals surface area contributed by atoms with Crippen molar-refractivity contribution in [3.63, 3.8) is 0 Å². The van der Waals surface area contributed by atoms with Crippen LogP contribution >= 0.6 is 0 Å². The van der Waals surface area contributed by atoms with Gasteiger partial charge < -0.3 is 28.8 Å². The zero-order valence-corrected chi connectivity index (χ0v) is 23.3. The molecule has 0 amide bonds. The van der Waals surface area contributed by atoms with E-state index < -0.39 is 61.2 Å². The molecule has 4 aromatic carbocycles. The number of ether oxygens (including phenoxy) is 5. The Labute approximate surface area is 252 Å². The van der Waals surface area contributed by atoms with Crippen molar-refractivity contribution in [2.24, 2.45) is 0 Å². The molecule has 5 atom stereocenters. The van der Waals surface area contributed by atoms with Gasteiger partial charge in [0.15, 0.2) is 6.10 Å². The molecule has 0 bridgehead atoms. The molecule has 10 nitrogen and oxygen atoms in total. The van der Waals surface area contributed by atoms with Crippen molar-refractivity contribution in [3.05, 3.63) is 144 Å². The van der Waals surface area contributed by atoms with Crippen LogP contribution in [0.2, 0.25) is 0 Å². The highest BCUT2D eigenvalue weighted by Gasteiger charge is 2.52. The van der Waals surface area contributed by atoms with Gasteiger partial charge in [-0.15, -0.1) is 0 Å². The topological polar surface area (TPSA) is 135 Å². The SMILES string of the molecule is O=C(OC[C@H]1OC(OC(=O)c2ccccc2)[C@@H](OC(=O)c2ccccc2)[C@@H](OC(=O)c2ccccc2)[C@H]1O)c1ccccc1. The van der Waals surface area contributed by atoms with Gasteiger partial charge in [0.2, 0.25) is 12.4 Å². The Bertz CT molecular complexity index is 1560. The van der Waals surface area contributed by atoms with Gasteiger partial charge in [-0.2, -0.15) is 0 Å². The smallest absolute Gasteiger partial charge is 0.340 e. The highest BCUT2D eigenvalue weighted by atomic mass is 16.7. The van der Waals surface area contributed by atoms with E-state index in [0.717, 1.165) is 0 Å². The third-order valence-corrected chi connectivity index (χ3v) is 6.74. The maximum absolute atomic E-state index is 13.2. The first kappa shape index (κ1) is 30.1. The van der Waals surface area contributed by atoms with Crippen molar-refractivity contribution >= 4 is 23.9 Å². The molecular weight excluding hydrogens is 568 g/mol. The Hall–Kier alpha value is -5.32. The Morgan fingerprint density at radius 3 is 1.32 bits per heavy atom. The minimum Gasteiger partial charge on any atom is -0.459 e. The molecule has 44 heavy (non-hydrogen) atoms. The molecule has 1 unspecified atom stereocenters. The highest BCUT2D eigenvalue weighted by molar-refractivity contribution is 5.91. The Kier molecular flexibility index (Phi) is 9.75. The van der Waals surface area contributed by atoms with Gasteiger partial charge in [0.25, 0.3) is 0 Å². The molecule has 0 aromatic heterocycles. The molecule has 1 heterocycles. The monoisotopic (exact) mass is 596 g/mol. The van der Waals surface area contributed by atoms with Crippen LogP contribution in [0.4, 0.5) is 0 Å². The lowest BCUT2D eigenvalue weighted by atomic mass is 9.98. The molecule has 1 saturated heterocycles. The second kappa shape index (κ2) is 14.2. The molecule has 1 fully saturated rings. The standard InChI is InChI=1S/C34H28O10/c35-27-26(21-40-30(36)22-13-5-1-6-14-22)41-34(44-33(39)25-19-11-4-12-20-25)29(43-32(38)24-17-9-3-10-18-24)28(27)42-31(37)23-15-7-2-8-16-23/h1-20,26-29,34-35H,21H2/t26-,27+,28+,29+,34?/m1/s1. The number of hydrogen-bond acceptors (Lipinski definition) is 10. The maximum Gasteiger partial charge on any atom is 0.340 e. The zero-order valence-electron chi connectivity index (χ0n) is 23.3. The lowest BCUT2D eigenvalue weighted by Gasteiger charge is -2.42. The molecule has 5 rings (SSSR count). The molecule has 0 radical (unpaired) electrons. The van der Waals surface area contributed by atoms with Crippen LogP contribution in [0.15, 0.2) is 121 Å². The van der Waals surface area contributed by atoms with Crippen LogP contribution in [-0.2, 0) is 23.7 Å². The summed E-state index contributed by atoms with van der Waals surface area (Å²) >= 11 is 0. The normalized spacial score (nSPS) is 21.0. The molecule has 1 aliphatic heterocycles. The first-order valence-electron chi connectivity index (χ1n) is 13.7. The van der Waals surface area contributed by atoms with Crippen LogP contribution < -0.4 is 0 Å². The average Bonchev–Trinajstić information content (AvgIpc) is 3.08. The van der Waals surface area contributed by atoms with Crippen molar-refractivity contribution in [2.45, 2.75) is 30.7 Å². The van der Waals surface area contributed by atoms with Crippen LogP contribution in [0.25, 0.3) is 0 Å². The number of esters is 4. The van der Waals surface area contributed by atoms with E-state index >= 15 is 0 Å². The second-order valence-corrected chi connectivity index (χ2v) is 9.74. The molecule has 0 spiro atoms. The molecule has 224 valence electrons. The van der Waals surface area contributed by atoms with Crippen molar-refractivity contribution in [3.8, 4) is 0 Å². The van der Waals surface area contributed by atoms with Crippen LogP contribution in [0, 0.1) is 0 Å². The molecular formula is C34H28O10. The lowest BCUT2D eigenvalue weighted by molar-refractivity contribution is -0.283. The largest absolute Gasteiger partial charge is 0.459 e. The van der Waals surface area contributed by atoms with Crippen LogP contribution in [0.5, 0.6) is 0 Å². The summed E-state index contributed by atoms with van der Waals surface area (Å²) in [5.74, 6) is -3.22. The molecule has 4 aromatic rings. The second-order valence-electron chi connectivity index (χ2n) is 9.74. The first-order valence-corrected chi connectivity index (χ1v) is 13.7. The van der Waals surface area contributed by atoms with Crippen LogP contribution in [-0.4, -0.2) is 66.3 Å². The average molecular weight is 597 g/mol. The van der Waals surface area contributed by atoms with Gasteiger partial charge in [0.1, 0.15) is 18.8 Å². The van der Waals surface area contributed by atoms with E-state index in [-0.39, 0.29) is 22.3 Å². The first-order chi connectivity index (χ1) is 21.4. The van der Waals surface area contributed by atoms with E-state index in [1.807, 2.05) is 0 Å². The third-order valence-electron chi connectivity index (χ3n) is 6.74. The molecule has 0 aliphatic carbocycles. The van der Waals surface area contributed by atoms with Crippen molar-refractivity contribution in [2.75, 3.05) is 6.61 Å². The zero-order chi connectivity index (χ0) is 30.9. The Balaban J connectivity index is 1.46. The van der Waals surface area contributed by atoms with Gasteiger partial charge in [0.05, 0.1) is 22.3 Å². The van der Waals surface area contributed by atoms with Gasteiger partial charge in [-0.3, -0.25) is 0 Å². The summed E-state index contributed by atoms with van der Waals surface area (Å²) in [6, 6.07) is 32.1. The van der Waals surface area contributed by atoms with Crippen LogP contribution in [0.3, 0.4) is 0 Å². The lowest BCUT2D eigenvalue weighted by Crippen LogP contribution is -2.62. The minimum absolute atomic E-state index is 0.155. The number of hydrogen-bond donors (Lipinski definition) is 1. The quantitative estimate of drug-likeness (QED) is 0.221. The molecule has 1 N–H and O–H groups in total. The fourth-order valence-electron chi connectivity index (χ4n) is 4.48. The van der Waals surface area contributed by atoms with E-state index in [9.17, 15) is 24.3 Å². The van der Waals surface area contributed by atoms with Gasteiger partial charge in [0, 0.05) is 0 Å². The summed E-state index contributed by atoms with van der Waals surface area (Å²) in [4.78, 5) is 52.1. The number of rotatable bonds is 9. The van der Waals surface area contributed by atoms with Crippen molar-refractivity contribution in [1.82, 2.24) is 0 Å². The minimum atomic E-state index is -1.67. The number of aliphatic hydroxyl groups is 1. The summed E-state index contributed by atoms with van der Waals surface area (Å²) in [5.41, 5.74) is 0.734. The maximum atomic E-state index is 13.2. The van der Waals surface area contributed by atoms with E-state index in [4.69, 9.17) is 23.7 Å². The van der Waals surface area contributed by atoms with Gasteiger partial charge >= 0.3 is 23.9 Å². The fourth-order valence-corrected chi connectivity index (χ4v) is 4.48. The summed E-state index contributed by atoms with van der Waals surface area (Å²) in [5, 5.41) is 11.4. The third kappa shape index (κ3) is 7.35. The molecule has 1 aliphatic rings. The van der Waals surface area contributed by atoms with Gasteiger partial charge in [-0.25, -0.2) is 19.2 Å². The number of aliphatic hydroxyl groups excluding tert-OH is 1. The summed E-state index contributed by atoms with van der Waals surface area (Å²) < 4.78 is 28.3. The van der Waals surface area contributed by atoms with Gasteiger partial charge in [-0.05, 0) is 48.5 Å². The van der Waals surface area contributed by atoms with Crippen molar-refractivity contribution in [1.29, 1.82) is 0 Å². The predicted octanol–water partition coefficient (Wildman–Crippen LogP) is 4.24. The molecule has 10 heteroatoms. The predicted molar refractivity (Wildman–Crippen MR) is 155 cm³/mol. The van der Waals surface area contributed by atoms with E-state index in [2.05, 4.69) is 0 Å². The van der Waals surface area contributed by atoms with E-state index in [0.29, 0.717) is 0 Å². The van der Waals surface area contributed by atoms with Gasteiger partial charge in [-0.1, -0.05) is 72.8 Å². The number of benzene rings is 4. The van der Waals surface area contributed by atoms with E-state index in [1.165, 1.54) is 36.4 Å². The number of carbonyl (C=O) groups excluding carboxylic acids is 4. The van der Waals surface area contributed by atoms with Crippen molar-refractivity contribution < 1.29 is 48.0 Å². The van der Waals surface area contributed by atoms with E-state index in [1.54, 1.807) is 84.9 Å².